The first-order valence-corrected chi connectivity index (χ1v) is 7.98. The van der Waals surface area contributed by atoms with Crippen LogP contribution < -0.4 is 16.0 Å². The third kappa shape index (κ3) is 3.40. The Labute approximate surface area is 129 Å². The standard InChI is InChI=1S/C11H10BrClN4O2S/c12-7-4-10(11(16-14)15-6-7)20(18,19)17-9-3-1-2-8(13)5-9/h1-6,17H,14H2,(H,15,16). The Kier molecular flexibility index (Phi) is 4.48. The molecule has 1 aromatic carbocycles. The van der Waals surface area contributed by atoms with Gasteiger partial charge in [-0.25, -0.2) is 19.2 Å². The van der Waals surface area contributed by atoms with Crippen molar-refractivity contribution in [3.63, 3.8) is 0 Å². The lowest BCUT2D eigenvalue weighted by molar-refractivity contribution is 0.601. The molecular weight excluding hydrogens is 368 g/mol. The molecule has 9 heteroatoms. The molecule has 106 valence electrons. The predicted octanol–water partition coefficient (Wildman–Crippen LogP) is 2.58. The molecule has 0 saturated heterocycles. The summed E-state index contributed by atoms with van der Waals surface area (Å²) in [7, 11) is -3.84. The van der Waals surface area contributed by atoms with Crippen molar-refractivity contribution < 1.29 is 8.42 Å². The van der Waals surface area contributed by atoms with Gasteiger partial charge in [-0.3, -0.25) is 4.72 Å². The molecule has 0 atom stereocenters. The van der Waals surface area contributed by atoms with Gasteiger partial charge in [-0.2, -0.15) is 0 Å². The number of nitrogen functional groups attached to an aromatic ring is 1. The first kappa shape index (κ1) is 15.0. The molecule has 2 rings (SSSR count). The fourth-order valence-corrected chi connectivity index (χ4v) is 3.36. The van der Waals surface area contributed by atoms with Gasteiger partial charge in [0.15, 0.2) is 5.82 Å². The van der Waals surface area contributed by atoms with Gasteiger partial charge < -0.3 is 5.43 Å². The number of hydrogen-bond donors (Lipinski definition) is 3. The molecule has 0 radical (unpaired) electrons. The summed E-state index contributed by atoms with van der Waals surface area (Å²) >= 11 is 8.99. The summed E-state index contributed by atoms with van der Waals surface area (Å²) in [5.74, 6) is 5.32. The molecule has 1 aromatic heterocycles. The van der Waals surface area contributed by atoms with E-state index in [-0.39, 0.29) is 10.7 Å². The van der Waals surface area contributed by atoms with Crippen LogP contribution in [0.5, 0.6) is 0 Å². The first-order chi connectivity index (χ1) is 9.42. The lowest BCUT2D eigenvalue weighted by Crippen LogP contribution is -2.18. The number of nitrogens with zero attached hydrogens (tertiary/aromatic N) is 1. The van der Waals surface area contributed by atoms with E-state index in [1.165, 1.54) is 18.3 Å². The summed E-state index contributed by atoms with van der Waals surface area (Å²) in [6.45, 7) is 0. The highest BCUT2D eigenvalue weighted by Crippen LogP contribution is 2.25. The van der Waals surface area contributed by atoms with Crippen molar-refractivity contribution in [3.8, 4) is 0 Å². The second-order valence-electron chi connectivity index (χ2n) is 3.76. The van der Waals surface area contributed by atoms with Crippen LogP contribution in [0.2, 0.25) is 5.02 Å². The maximum Gasteiger partial charge on any atom is 0.265 e. The van der Waals surface area contributed by atoms with Gasteiger partial charge in [0.05, 0.1) is 5.69 Å². The lowest BCUT2D eigenvalue weighted by atomic mass is 10.3. The van der Waals surface area contributed by atoms with E-state index in [0.29, 0.717) is 15.2 Å². The highest BCUT2D eigenvalue weighted by Gasteiger charge is 2.20. The third-order valence-electron chi connectivity index (χ3n) is 2.32. The van der Waals surface area contributed by atoms with E-state index < -0.39 is 10.0 Å². The summed E-state index contributed by atoms with van der Waals surface area (Å²) in [6, 6.07) is 7.77. The molecule has 0 fully saturated rings. The number of anilines is 2. The van der Waals surface area contributed by atoms with E-state index in [0.717, 1.165) is 0 Å². The van der Waals surface area contributed by atoms with Gasteiger partial charge in [0.1, 0.15) is 4.90 Å². The minimum absolute atomic E-state index is 0.0442. The van der Waals surface area contributed by atoms with Crippen LogP contribution in [0.4, 0.5) is 11.5 Å². The molecule has 0 aliphatic rings. The number of halogens is 2. The van der Waals surface area contributed by atoms with Gasteiger partial charge >= 0.3 is 0 Å². The number of nitrogens with one attached hydrogen (secondary N) is 2. The minimum Gasteiger partial charge on any atom is -0.307 e. The Bertz CT molecular complexity index is 739. The maximum absolute atomic E-state index is 12.3. The van der Waals surface area contributed by atoms with Crippen LogP contribution in [-0.4, -0.2) is 13.4 Å². The summed E-state index contributed by atoms with van der Waals surface area (Å²) < 4.78 is 27.6. The van der Waals surface area contributed by atoms with Crippen LogP contribution in [0, 0.1) is 0 Å². The van der Waals surface area contributed by atoms with E-state index in [4.69, 9.17) is 17.4 Å². The van der Waals surface area contributed by atoms with Crippen molar-refractivity contribution in [1.29, 1.82) is 0 Å². The number of aromatic nitrogens is 1. The molecule has 6 nitrogen and oxygen atoms in total. The zero-order chi connectivity index (χ0) is 14.8. The van der Waals surface area contributed by atoms with Crippen LogP contribution in [0.15, 0.2) is 45.9 Å². The Morgan fingerprint density at radius 2 is 2.05 bits per heavy atom. The van der Waals surface area contributed by atoms with Crippen molar-refractivity contribution in [2.45, 2.75) is 4.90 Å². The zero-order valence-corrected chi connectivity index (χ0v) is 13.1. The van der Waals surface area contributed by atoms with E-state index in [9.17, 15) is 8.42 Å². The number of sulfonamides is 1. The average molecular weight is 378 g/mol. The Morgan fingerprint density at radius 3 is 2.70 bits per heavy atom. The number of rotatable bonds is 4. The van der Waals surface area contributed by atoms with Gasteiger partial charge in [-0.1, -0.05) is 17.7 Å². The quantitative estimate of drug-likeness (QED) is 0.562. The first-order valence-electron chi connectivity index (χ1n) is 5.33. The van der Waals surface area contributed by atoms with Gasteiger partial charge in [0.25, 0.3) is 10.0 Å². The van der Waals surface area contributed by atoms with Crippen LogP contribution in [-0.2, 0) is 10.0 Å². The highest BCUT2D eigenvalue weighted by molar-refractivity contribution is 9.10. The van der Waals surface area contributed by atoms with Crippen molar-refractivity contribution in [2.75, 3.05) is 10.1 Å². The SMILES string of the molecule is NNc1ncc(Br)cc1S(=O)(=O)Nc1cccc(Cl)c1. The van der Waals surface area contributed by atoms with Crippen molar-refractivity contribution >= 4 is 49.1 Å². The molecule has 2 aromatic rings. The largest absolute Gasteiger partial charge is 0.307 e. The topological polar surface area (TPSA) is 97.1 Å². The second kappa shape index (κ2) is 5.96. The lowest BCUT2D eigenvalue weighted by Gasteiger charge is -2.11. The van der Waals surface area contributed by atoms with Crippen LogP contribution in [0.25, 0.3) is 0 Å². The highest BCUT2D eigenvalue weighted by atomic mass is 79.9. The van der Waals surface area contributed by atoms with Crippen LogP contribution >= 0.6 is 27.5 Å². The van der Waals surface area contributed by atoms with Gasteiger partial charge in [-0.05, 0) is 40.2 Å². The van der Waals surface area contributed by atoms with Gasteiger partial charge in [0.2, 0.25) is 0 Å². The Hall–Kier alpha value is -1.35. The van der Waals surface area contributed by atoms with Crippen molar-refractivity contribution in [3.05, 3.63) is 46.0 Å². The molecular formula is C11H10BrClN4O2S. The monoisotopic (exact) mass is 376 g/mol. The number of benzene rings is 1. The molecule has 0 spiro atoms. The molecule has 0 saturated carbocycles. The Balaban J connectivity index is 2.43. The Morgan fingerprint density at radius 1 is 1.30 bits per heavy atom. The molecule has 4 N–H and O–H groups in total. The van der Waals surface area contributed by atoms with Crippen LogP contribution in [0.1, 0.15) is 0 Å². The van der Waals surface area contributed by atoms with E-state index >= 15 is 0 Å². The maximum atomic E-state index is 12.3. The smallest absolute Gasteiger partial charge is 0.265 e. The summed E-state index contributed by atoms with van der Waals surface area (Å²) in [5, 5.41) is 0.426. The zero-order valence-electron chi connectivity index (χ0n) is 9.97. The number of pyridine rings is 1. The normalized spacial score (nSPS) is 11.2. The van der Waals surface area contributed by atoms with E-state index in [2.05, 4.69) is 31.1 Å². The molecule has 0 bridgehead atoms. The van der Waals surface area contributed by atoms with Gasteiger partial charge in [-0.15, -0.1) is 0 Å². The third-order valence-corrected chi connectivity index (χ3v) is 4.39. The van der Waals surface area contributed by atoms with Crippen molar-refractivity contribution in [2.24, 2.45) is 5.84 Å². The molecule has 0 aliphatic carbocycles. The molecule has 0 amide bonds. The van der Waals surface area contributed by atoms with Gasteiger partial charge in [0, 0.05) is 15.7 Å². The fraction of sp³-hybridized carbons (Fsp3) is 0. The van der Waals surface area contributed by atoms with Crippen LogP contribution in [0.3, 0.4) is 0 Å². The van der Waals surface area contributed by atoms with Crippen molar-refractivity contribution in [1.82, 2.24) is 4.98 Å². The molecule has 20 heavy (non-hydrogen) atoms. The molecule has 0 aliphatic heterocycles. The predicted molar refractivity (Wildman–Crippen MR) is 82.0 cm³/mol. The number of nitrogens with two attached hydrogens (primary N) is 1. The number of hydrazine groups is 1. The fourth-order valence-electron chi connectivity index (χ4n) is 1.50. The summed E-state index contributed by atoms with van der Waals surface area (Å²) in [6.07, 6.45) is 1.44. The van der Waals surface area contributed by atoms with E-state index in [1.807, 2.05) is 0 Å². The summed E-state index contributed by atoms with van der Waals surface area (Å²) in [5.41, 5.74) is 2.60. The number of hydrogen-bond acceptors (Lipinski definition) is 5. The average Bonchev–Trinajstić information content (AvgIpc) is 2.38. The molecule has 1 heterocycles. The minimum atomic E-state index is -3.84. The molecule has 0 unspecified atom stereocenters. The second-order valence-corrected chi connectivity index (χ2v) is 6.76. The van der Waals surface area contributed by atoms with E-state index in [1.54, 1.807) is 18.2 Å². The summed E-state index contributed by atoms with van der Waals surface area (Å²) in [4.78, 5) is 3.82.